The number of hydrogen-bond donors (Lipinski definition) is 1. The molecule has 0 amide bonds. The Bertz CT molecular complexity index is 450. The van der Waals surface area contributed by atoms with E-state index in [-0.39, 0.29) is 11.4 Å². The van der Waals surface area contributed by atoms with Gasteiger partial charge in [-0.25, -0.2) is 4.39 Å². The first-order chi connectivity index (χ1) is 9.17. The monoisotopic (exact) mass is 263 g/mol. The van der Waals surface area contributed by atoms with Crippen molar-refractivity contribution in [1.29, 1.82) is 0 Å². The summed E-state index contributed by atoms with van der Waals surface area (Å²) < 4.78 is 19.6. The van der Waals surface area contributed by atoms with Gasteiger partial charge in [0.05, 0.1) is 6.61 Å². The predicted molar refractivity (Wildman–Crippen MR) is 73.6 cm³/mol. The van der Waals surface area contributed by atoms with Crippen molar-refractivity contribution in [3.8, 4) is 5.75 Å². The fraction of sp³-hybridized carbons (Fsp3) is 0.625. The Balaban J connectivity index is 1.69. The van der Waals surface area contributed by atoms with Gasteiger partial charge >= 0.3 is 0 Å². The Morgan fingerprint density at radius 3 is 2.53 bits per heavy atom. The molecular formula is C16H22FNO. The van der Waals surface area contributed by atoms with Crippen LogP contribution in [0.15, 0.2) is 18.2 Å². The zero-order chi connectivity index (χ0) is 13.3. The van der Waals surface area contributed by atoms with E-state index < -0.39 is 0 Å². The third-order valence-electron chi connectivity index (χ3n) is 4.70. The zero-order valence-electron chi connectivity index (χ0n) is 11.3. The van der Waals surface area contributed by atoms with Gasteiger partial charge in [-0.05, 0) is 49.3 Å². The molecule has 3 rings (SSSR count). The third-order valence-corrected chi connectivity index (χ3v) is 4.70. The summed E-state index contributed by atoms with van der Waals surface area (Å²) in [5.74, 6) is 0.723. The maximum atomic E-state index is 14.1. The summed E-state index contributed by atoms with van der Waals surface area (Å²) in [5.41, 5.74) is 6.93. The molecule has 2 aliphatic rings. The van der Waals surface area contributed by atoms with Crippen LogP contribution in [-0.2, 0) is 5.54 Å². The highest BCUT2D eigenvalue weighted by Gasteiger charge is 2.31. The van der Waals surface area contributed by atoms with E-state index in [1.165, 1.54) is 19.3 Å². The van der Waals surface area contributed by atoms with Crippen molar-refractivity contribution >= 4 is 0 Å². The minimum Gasteiger partial charge on any atom is -0.490 e. The van der Waals surface area contributed by atoms with E-state index >= 15 is 0 Å². The standard InChI is InChI=1S/C16H22FNO/c17-14-10-13(16(18)8-1-2-9-16)6-7-15(14)19-11-12-4-3-5-12/h6-7,10,12H,1-5,8-9,11,18H2. The normalized spacial score (nSPS) is 22.2. The third kappa shape index (κ3) is 2.62. The van der Waals surface area contributed by atoms with Gasteiger partial charge in [0, 0.05) is 5.54 Å². The first kappa shape index (κ1) is 12.9. The highest BCUT2D eigenvalue weighted by atomic mass is 19.1. The van der Waals surface area contributed by atoms with Crippen molar-refractivity contribution in [3.05, 3.63) is 29.6 Å². The second kappa shape index (κ2) is 5.12. The molecule has 0 aromatic heterocycles. The second-order valence-corrected chi connectivity index (χ2v) is 6.12. The first-order valence-electron chi connectivity index (χ1n) is 7.39. The van der Waals surface area contributed by atoms with Crippen LogP contribution >= 0.6 is 0 Å². The molecule has 0 radical (unpaired) electrons. The molecular weight excluding hydrogens is 241 g/mol. The molecule has 2 fully saturated rings. The fourth-order valence-electron chi connectivity index (χ4n) is 3.09. The van der Waals surface area contributed by atoms with Crippen molar-refractivity contribution in [3.63, 3.8) is 0 Å². The van der Waals surface area contributed by atoms with Gasteiger partial charge in [-0.3, -0.25) is 0 Å². The lowest BCUT2D eigenvalue weighted by Gasteiger charge is -2.26. The van der Waals surface area contributed by atoms with Crippen LogP contribution < -0.4 is 10.5 Å². The van der Waals surface area contributed by atoms with Gasteiger partial charge in [0.2, 0.25) is 0 Å². The molecule has 0 spiro atoms. The lowest BCUT2D eigenvalue weighted by atomic mass is 9.86. The fourth-order valence-corrected chi connectivity index (χ4v) is 3.09. The minimum atomic E-state index is -0.326. The highest BCUT2D eigenvalue weighted by molar-refractivity contribution is 5.34. The Hall–Kier alpha value is -1.09. The smallest absolute Gasteiger partial charge is 0.165 e. The predicted octanol–water partition coefficient (Wildman–Crippen LogP) is 3.73. The summed E-state index contributed by atoms with van der Waals surface area (Å²) in [6, 6.07) is 5.25. The Labute approximate surface area is 114 Å². The Morgan fingerprint density at radius 1 is 1.21 bits per heavy atom. The lowest BCUT2D eigenvalue weighted by Crippen LogP contribution is -2.33. The molecule has 0 bridgehead atoms. The zero-order valence-corrected chi connectivity index (χ0v) is 11.3. The number of nitrogens with two attached hydrogens (primary N) is 1. The van der Waals surface area contributed by atoms with Crippen LogP contribution in [0.1, 0.15) is 50.5 Å². The van der Waals surface area contributed by atoms with E-state index in [2.05, 4.69) is 0 Å². The molecule has 0 saturated heterocycles. The van der Waals surface area contributed by atoms with Crippen molar-refractivity contribution in [2.45, 2.75) is 50.5 Å². The topological polar surface area (TPSA) is 35.2 Å². The van der Waals surface area contributed by atoms with E-state index in [9.17, 15) is 4.39 Å². The summed E-state index contributed by atoms with van der Waals surface area (Å²) in [7, 11) is 0. The van der Waals surface area contributed by atoms with Gasteiger partial charge in [0.1, 0.15) is 0 Å². The maximum Gasteiger partial charge on any atom is 0.165 e. The summed E-state index contributed by atoms with van der Waals surface area (Å²) in [5, 5.41) is 0. The summed E-state index contributed by atoms with van der Waals surface area (Å²) in [6.45, 7) is 0.643. The van der Waals surface area contributed by atoms with Crippen LogP contribution in [0.5, 0.6) is 5.75 Å². The number of hydrogen-bond acceptors (Lipinski definition) is 2. The van der Waals surface area contributed by atoms with Crippen molar-refractivity contribution in [1.82, 2.24) is 0 Å². The van der Waals surface area contributed by atoms with Crippen LogP contribution in [-0.4, -0.2) is 6.61 Å². The van der Waals surface area contributed by atoms with E-state index in [4.69, 9.17) is 10.5 Å². The Morgan fingerprint density at radius 2 is 1.95 bits per heavy atom. The average molecular weight is 263 g/mol. The molecule has 3 heteroatoms. The summed E-state index contributed by atoms with van der Waals surface area (Å²) >= 11 is 0. The van der Waals surface area contributed by atoms with Crippen LogP contribution in [0.3, 0.4) is 0 Å². The second-order valence-electron chi connectivity index (χ2n) is 6.12. The maximum absolute atomic E-state index is 14.1. The van der Waals surface area contributed by atoms with Gasteiger partial charge in [-0.2, -0.15) is 0 Å². The van der Waals surface area contributed by atoms with Crippen molar-refractivity contribution in [2.24, 2.45) is 11.7 Å². The quantitative estimate of drug-likeness (QED) is 0.898. The molecule has 1 aromatic rings. The van der Waals surface area contributed by atoms with Gasteiger partial charge in [-0.15, -0.1) is 0 Å². The van der Waals surface area contributed by atoms with Crippen LogP contribution in [0.2, 0.25) is 0 Å². The first-order valence-corrected chi connectivity index (χ1v) is 7.39. The minimum absolute atomic E-state index is 0.270. The number of rotatable bonds is 4. The molecule has 0 heterocycles. The van der Waals surface area contributed by atoms with Gasteiger partial charge in [0.15, 0.2) is 11.6 Å². The SMILES string of the molecule is NC1(c2ccc(OCC3CCC3)c(F)c2)CCCC1. The molecule has 2 aliphatic carbocycles. The molecule has 2 nitrogen and oxygen atoms in total. The van der Waals surface area contributed by atoms with E-state index in [0.717, 1.165) is 31.2 Å². The molecule has 104 valence electrons. The molecule has 0 atom stereocenters. The molecule has 19 heavy (non-hydrogen) atoms. The molecule has 0 unspecified atom stereocenters. The largest absolute Gasteiger partial charge is 0.490 e. The van der Waals surface area contributed by atoms with Crippen LogP contribution in [0, 0.1) is 11.7 Å². The van der Waals surface area contributed by atoms with Crippen LogP contribution in [0.25, 0.3) is 0 Å². The number of benzene rings is 1. The Kier molecular flexibility index (Phi) is 3.48. The van der Waals surface area contributed by atoms with Gasteiger partial charge < -0.3 is 10.5 Å². The number of halogens is 1. The molecule has 0 aliphatic heterocycles. The summed E-state index contributed by atoms with van der Waals surface area (Å²) in [6.07, 6.45) is 7.89. The molecule has 2 saturated carbocycles. The summed E-state index contributed by atoms with van der Waals surface area (Å²) in [4.78, 5) is 0. The lowest BCUT2D eigenvalue weighted by molar-refractivity contribution is 0.175. The van der Waals surface area contributed by atoms with Crippen molar-refractivity contribution < 1.29 is 9.13 Å². The van der Waals surface area contributed by atoms with E-state index in [1.54, 1.807) is 12.1 Å². The number of ether oxygens (including phenoxy) is 1. The van der Waals surface area contributed by atoms with E-state index in [0.29, 0.717) is 18.3 Å². The average Bonchev–Trinajstić information content (AvgIpc) is 2.77. The van der Waals surface area contributed by atoms with Crippen molar-refractivity contribution in [2.75, 3.05) is 6.61 Å². The molecule has 1 aromatic carbocycles. The van der Waals surface area contributed by atoms with E-state index in [1.807, 2.05) is 6.07 Å². The van der Waals surface area contributed by atoms with Gasteiger partial charge in [-0.1, -0.05) is 25.3 Å². The van der Waals surface area contributed by atoms with Gasteiger partial charge in [0.25, 0.3) is 0 Å². The van der Waals surface area contributed by atoms with Crippen LogP contribution in [0.4, 0.5) is 4.39 Å². The highest BCUT2D eigenvalue weighted by Crippen LogP contribution is 2.37. The molecule has 2 N–H and O–H groups in total.